The second-order valence-electron chi connectivity index (χ2n) is 5.19. The van der Waals surface area contributed by atoms with E-state index >= 15 is 0 Å². The Balaban J connectivity index is 2.24. The maximum Gasteiger partial charge on any atom is 0.197 e. The Morgan fingerprint density at radius 2 is 1.86 bits per heavy atom. The summed E-state index contributed by atoms with van der Waals surface area (Å²) < 4.78 is 1.84. The summed E-state index contributed by atoms with van der Waals surface area (Å²) in [4.78, 5) is 12.9. The molecule has 0 aliphatic rings. The summed E-state index contributed by atoms with van der Waals surface area (Å²) in [7, 11) is 0. The second kappa shape index (κ2) is 5.78. The van der Waals surface area contributed by atoms with Gasteiger partial charge < -0.3 is 0 Å². The van der Waals surface area contributed by atoms with E-state index in [-0.39, 0.29) is 5.78 Å². The Hall–Kier alpha value is -1.78. The van der Waals surface area contributed by atoms with Crippen LogP contribution in [0.5, 0.6) is 0 Å². The number of hydrogen-bond donors (Lipinski definition) is 0. The lowest BCUT2D eigenvalue weighted by Gasteiger charge is -2.04. The Kier molecular flexibility index (Phi) is 3.98. The number of aromatic nitrogens is 2. The van der Waals surface area contributed by atoms with E-state index in [1.165, 1.54) is 11.8 Å². The van der Waals surface area contributed by atoms with Crippen molar-refractivity contribution < 1.29 is 4.79 Å². The van der Waals surface area contributed by atoms with Crippen LogP contribution in [0.15, 0.2) is 41.4 Å². The van der Waals surface area contributed by atoms with Crippen molar-refractivity contribution in [3.05, 3.63) is 63.8 Å². The Bertz CT molecular complexity index is 868. The predicted octanol–water partition coefficient (Wildman–Crippen LogP) is 4.56. The molecular weight excluding hydrogens is 316 g/mol. The van der Waals surface area contributed by atoms with Gasteiger partial charge >= 0.3 is 0 Å². The molecule has 5 heteroatoms. The molecule has 3 rings (SSSR count). The van der Waals surface area contributed by atoms with Crippen LogP contribution in [0.3, 0.4) is 0 Å². The van der Waals surface area contributed by atoms with Crippen LogP contribution in [-0.4, -0.2) is 21.7 Å². The van der Waals surface area contributed by atoms with Crippen LogP contribution in [0.4, 0.5) is 0 Å². The van der Waals surface area contributed by atoms with Gasteiger partial charge in [0.2, 0.25) is 0 Å². The van der Waals surface area contributed by atoms with Crippen LogP contribution in [0.1, 0.15) is 27.2 Å². The average molecular weight is 331 g/mol. The van der Waals surface area contributed by atoms with Gasteiger partial charge in [-0.25, -0.2) is 4.52 Å². The standard InChI is InChI=1S/C17H15ClN2OS/c1-10-8-11(2)20-14(9-10)15(17(19-20)22-3)16(21)12-4-6-13(18)7-5-12/h4-9H,1-3H3. The summed E-state index contributed by atoms with van der Waals surface area (Å²) in [6, 6.07) is 11.0. The topological polar surface area (TPSA) is 34.4 Å². The van der Waals surface area contributed by atoms with Crippen LogP contribution >= 0.6 is 23.4 Å². The molecular formula is C17H15ClN2OS. The molecule has 3 aromatic rings. The molecule has 112 valence electrons. The first-order valence-corrected chi connectivity index (χ1v) is 8.46. The van der Waals surface area contributed by atoms with Crippen molar-refractivity contribution >= 4 is 34.7 Å². The van der Waals surface area contributed by atoms with Gasteiger partial charge in [-0.15, -0.1) is 11.8 Å². The van der Waals surface area contributed by atoms with E-state index in [2.05, 4.69) is 11.2 Å². The van der Waals surface area contributed by atoms with E-state index in [0.29, 0.717) is 16.1 Å². The first-order chi connectivity index (χ1) is 10.5. The molecule has 0 radical (unpaired) electrons. The van der Waals surface area contributed by atoms with E-state index in [1.807, 2.05) is 30.7 Å². The van der Waals surface area contributed by atoms with Gasteiger partial charge in [0.15, 0.2) is 5.78 Å². The fourth-order valence-corrected chi connectivity index (χ4v) is 3.25. The summed E-state index contributed by atoms with van der Waals surface area (Å²) in [5, 5.41) is 5.93. The molecule has 0 aliphatic carbocycles. The molecule has 0 unspecified atom stereocenters. The quantitative estimate of drug-likeness (QED) is 0.521. The highest BCUT2D eigenvalue weighted by Crippen LogP contribution is 2.28. The van der Waals surface area contributed by atoms with Crippen molar-refractivity contribution in [1.82, 2.24) is 9.61 Å². The minimum absolute atomic E-state index is 0.0268. The number of carbonyl (C=O) groups excluding carboxylic acids is 1. The lowest BCUT2D eigenvalue weighted by Crippen LogP contribution is -2.02. The number of benzene rings is 1. The average Bonchev–Trinajstić information content (AvgIpc) is 2.86. The van der Waals surface area contributed by atoms with Gasteiger partial charge in [-0.05, 0) is 62.1 Å². The number of thioether (sulfide) groups is 1. The van der Waals surface area contributed by atoms with Crippen LogP contribution in [0.2, 0.25) is 5.02 Å². The first kappa shape index (κ1) is 15.1. The molecule has 0 atom stereocenters. The van der Waals surface area contributed by atoms with Gasteiger partial charge in [0.1, 0.15) is 5.03 Å². The zero-order chi connectivity index (χ0) is 15.9. The third kappa shape index (κ3) is 2.53. The zero-order valence-corrected chi connectivity index (χ0v) is 14.1. The van der Waals surface area contributed by atoms with E-state index in [9.17, 15) is 4.79 Å². The number of halogens is 1. The molecule has 0 fully saturated rings. The Morgan fingerprint density at radius 1 is 1.18 bits per heavy atom. The van der Waals surface area contributed by atoms with E-state index < -0.39 is 0 Å². The third-order valence-corrected chi connectivity index (χ3v) is 4.48. The lowest BCUT2D eigenvalue weighted by atomic mass is 10.0. The number of fused-ring (bicyclic) bond motifs is 1. The summed E-state index contributed by atoms with van der Waals surface area (Å²) in [6.45, 7) is 4.02. The highest BCUT2D eigenvalue weighted by Gasteiger charge is 2.21. The van der Waals surface area contributed by atoms with Crippen LogP contribution in [0.25, 0.3) is 5.52 Å². The first-order valence-electron chi connectivity index (χ1n) is 6.85. The van der Waals surface area contributed by atoms with Gasteiger partial charge in [-0.1, -0.05) is 11.6 Å². The van der Waals surface area contributed by atoms with Gasteiger partial charge in [0, 0.05) is 16.3 Å². The molecule has 1 aromatic carbocycles. The normalized spacial score (nSPS) is 11.1. The van der Waals surface area contributed by atoms with E-state index in [4.69, 9.17) is 11.6 Å². The maximum absolute atomic E-state index is 12.9. The fraction of sp³-hybridized carbons (Fsp3) is 0.176. The SMILES string of the molecule is CSc1nn2c(C)cc(C)cc2c1C(=O)c1ccc(Cl)cc1. The number of pyridine rings is 1. The van der Waals surface area contributed by atoms with Gasteiger partial charge in [0.25, 0.3) is 0 Å². The molecule has 0 saturated heterocycles. The molecule has 22 heavy (non-hydrogen) atoms. The van der Waals surface area contributed by atoms with Crippen molar-refractivity contribution in [3.63, 3.8) is 0 Å². The van der Waals surface area contributed by atoms with Crippen LogP contribution in [-0.2, 0) is 0 Å². The largest absolute Gasteiger partial charge is 0.288 e. The van der Waals surface area contributed by atoms with Crippen molar-refractivity contribution in [2.45, 2.75) is 18.9 Å². The smallest absolute Gasteiger partial charge is 0.197 e. The fourth-order valence-electron chi connectivity index (χ4n) is 2.56. The minimum atomic E-state index is -0.0268. The van der Waals surface area contributed by atoms with Gasteiger partial charge in [-0.3, -0.25) is 4.79 Å². The van der Waals surface area contributed by atoms with Crippen LogP contribution < -0.4 is 0 Å². The molecule has 0 amide bonds. The highest BCUT2D eigenvalue weighted by atomic mass is 35.5. The second-order valence-corrected chi connectivity index (χ2v) is 6.42. The molecule has 0 saturated carbocycles. The number of hydrogen-bond acceptors (Lipinski definition) is 3. The van der Waals surface area contributed by atoms with Gasteiger partial charge in [0.05, 0.1) is 11.1 Å². The third-order valence-electron chi connectivity index (χ3n) is 3.55. The molecule has 0 spiro atoms. The van der Waals surface area contributed by atoms with Crippen molar-refractivity contribution in [2.75, 3.05) is 6.26 Å². The minimum Gasteiger partial charge on any atom is -0.288 e. The van der Waals surface area contributed by atoms with Crippen molar-refractivity contribution in [3.8, 4) is 0 Å². The van der Waals surface area contributed by atoms with Crippen molar-refractivity contribution in [1.29, 1.82) is 0 Å². The Morgan fingerprint density at radius 3 is 2.50 bits per heavy atom. The predicted molar refractivity (Wildman–Crippen MR) is 91.3 cm³/mol. The maximum atomic E-state index is 12.9. The number of rotatable bonds is 3. The number of carbonyl (C=O) groups is 1. The summed E-state index contributed by atoms with van der Waals surface area (Å²) >= 11 is 7.39. The van der Waals surface area contributed by atoms with E-state index in [1.54, 1.807) is 24.3 Å². The summed E-state index contributed by atoms with van der Waals surface area (Å²) in [6.07, 6.45) is 1.93. The van der Waals surface area contributed by atoms with Gasteiger partial charge in [-0.2, -0.15) is 5.10 Å². The highest BCUT2D eigenvalue weighted by molar-refractivity contribution is 7.98. The summed E-state index contributed by atoms with van der Waals surface area (Å²) in [5.41, 5.74) is 4.25. The zero-order valence-electron chi connectivity index (χ0n) is 12.6. The number of aryl methyl sites for hydroxylation is 2. The number of nitrogens with zero attached hydrogens (tertiary/aromatic N) is 2. The Labute approximate surface area is 138 Å². The molecule has 2 heterocycles. The van der Waals surface area contributed by atoms with Crippen molar-refractivity contribution in [2.24, 2.45) is 0 Å². The molecule has 3 nitrogen and oxygen atoms in total. The lowest BCUT2D eigenvalue weighted by molar-refractivity contribution is 0.103. The number of ketones is 1. The molecule has 0 bridgehead atoms. The van der Waals surface area contributed by atoms with E-state index in [0.717, 1.165) is 21.8 Å². The molecule has 0 N–H and O–H groups in total. The molecule has 2 aromatic heterocycles. The summed E-state index contributed by atoms with van der Waals surface area (Å²) in [5.74, 6) is -0.0268. The van der Waals surface area contributed by atoms with Crippen LogP contribution in [0, 0.1) is 13.8 Å². The molecule has 0 aliphatic heterocycles. The monoisotopic (exact) mass is 330 g/mol.